The molecular weight excluding hydrogens is 432 g/mol. The highest BCUT2D eigenvalue weighted by molar-refractivity contribution is 9.10. The molecule has 156 valence electrons. The van der Waals surface area contributed by atoms with E-state index >= 15 is 0 Å². The van der Waals surface area contributed by atoms with Gasteiger partial charge in [-0.3, -0.25) is 9.59 Å². The van der Waals surface area contributed by atoms with Crippen molar-refractivity contribution in [2.24, 2.45) is 0 Å². The van der Waals surface area contributed by atoms with Crippen LogP contribution in [0.5, 0.6) is 5.75 Å². The number of carbonyl (C=O) groups is 2. The maximum Gasteiger partial charge on any atom is 0.261 e. The minimum Gasteiger partial charge on any atom is -0.484 e. The quantitative estimate of drug-likeness (QED) is 0.628. The predicted molar refractivity (Wildman–Crippen MR) is 119 cm³/mol. The first kappa shape index (κ1) is 22.9. The zero-order chi connectivity index (χ0) is 21.4. The normalized spacial score (nSPS) is 12.2. The van der Waals surface area contributed by atoms with Crippen LogP contribution in [-0.4, -0.2) is 34.9 Å². The Labute approximate surface area is 181 Å². The van der Waals surface area contributed by atoms with E-state index in [1.807, 2.05) is 70.2 Å². The summed E-state index contributed by atoms with van der Waals surface area (Å²) in [6.07, 6.45) is 0.513. The second-order valence-electron chi connectivity index (χ2n) is 7.91. The van der Waals surface area contributed by atoms with Crippen LogP contribution in [0.2, 0.25) is 0 Å². The van der Waals surface area contributed by atoms with Crippen molar-refractivity contribution in [2.75, 3.05) is 6.61 Å². The largest absolute Gasteiger partial charge is 0.484 e. The third kappa shape index (κ3) is 7.54. The van der Waals surface area contributed by atoms with E-state index < -0.39 is 6.04 Å². The van der Waals surface area contributed by atoms with Gasteiger partial charge in [0.1, 0.15) is 11.8 Å². The molecule has 0 saturated carbocycles. The lowest BCUT2D eigenvalue weighted by Gasteiger charge is -2.33. The van der Waals surface area contributed by atoms with Crippen LogP contribution in [0.25, 0.3) is 0 Å². The Bertz CT molecular complexity index is 801. The van der Waals surface area contributed by atoms with Gasteiger partial charge in [-0.2, -0.15) is 0 Å². The van der Waals surface area contributed by atoms with Crippen LogP contribution in [-0.2, 0) is 16.1 Å². The number of rotatable bonds is 8. The standard InChI is InChI=1S/C23H29BrN2O3/c1-5-20(22(28)25-23(2,3)4)26(15-17-9-7-6-8-10-17)21(27)16-29-19-13-11-18(24)12-14-19/h6-14,20H,5,15-16H2,1-4H3,(H,25,28)/t20-/m1/s1. The van der Waals surface area contributed by atoms with Crippen molar-refractivity contribution in [1.29, 1.82) is 0 Å². The molecule has 0 radical (unpaired) electrons. The van der Waals surface area contributed by atoms with Gasteiger partial charge in [0.2, 0.25) is 5.91 Å². The molecule has 0 aliphatic heterocycles. The fraction of sp³-hybridized carbons (Fsp3) is 0.391. The molecule has 5 nitrogen and oxygen atoms in total. The van der Waals surface area contributed by atoms with E-state index in [0.717, 1.165) is 10.0 Å². The Morgan fingerprint density at radius 3 is 2.24 bits per heavy atom. The second-order valence-corrected chi connectivity index (χ2v) is 8.83. The summed E-state index contributed by atoms with van der Waals surface area (Å²) in [6, 6.07) is 16.4. The molecule has 2 aromatic rings. The fourth-order valence-corrected chi connectivity index (χ4v) is 3.18. The number of carbonyl (C=O) groups excluding carboxylic acids is 2. The summed E-state index contributed by atoms with van der Waals surface area (Å²) in [7, 11) is 0. The van der Waals surface area contributed by atoms with Crippen LogP contribution >= 0.6 is 15.9 Å². The van der Waals surface area contributed by atoms with Crippen LogP contribution in [0.15, 0.2) is 59.1 Å². The zero-order valence-corrected chi connectivity index (χ0v) is 19.0. The van der Waals surface area contributed by atoms with Gasteiger partial charge in [-0.25, -0.2) is 0 Å². The first-order valence-corrected chi connectivity index (χ1v) is 10.5. The highest BCUT2D eigenvalue weighted by Gasteiger charge is 2.30. The number of amides is 2. The molecular formula is C23H29BrN2O3. The average molecular weight is 461 g/mol. The zero-order valence-electron chi connectivity index (χ0n) is 17.4. The summed E-state index contributed by atoms with van der Waals surface area (Å²) in [5.41, 5.74) is 0.589. The molecule has 6 heteroatoms. The molecule has 0 bridgehead atoms. The van der Waals surface area contributed by atoms with Crippen molar-refractivity contribution >= 4 is 27.7 Å². The first-order valence-electron chi connectivity index (χ1n) is 9.73. The van der Waals surface area contributed by atoms with Gasteiger partial charge >= 0.3 is 0 Å². The molecule has 0 aromatic heterocycles. The number of hydrogen-bond donors (Lipinski definition) is 1. The third-order valence-electron chi connectivity index (χ3n) is 4.26. The van der Waals surface area contributed by atoms with Gasteiger partial charge in [0.05, 0.1) is 0 Å². The van der Waals surface area contributed by atoms with E-state index in [2.05, 4.69) is 21.2 Å². The Morgan fingerprint density at radius 2 is 1.69 bits per heavy atom. The van der Waals surface area contributed by atoms with Crippen molar-refractivity contribution in [3.05, 3.63) is 64.6 Å². The summed E-state index contributed by atoms with van der Waals surface area (Å²) < 4.78 is 6.61. The summed E-state index contributed by atoms with van der Waals surface area (Å²) in [6.45, 7) is 7.91. The lowest BCUT2D eigenvalue weighted by molar-refractivity contribution is -0.143. The topological polar surface area (TPSA) is 58.6 Å². The highest BCUT2D eigenvalue weighted by Crippen LogP contribution is 2.18. The van der Waals surface area contributed by atoms with Crippen molar-refractivity contribution in [3.63, 3.8) is 0 Å². The minimum absolute atomic E-state index is 0.131. The molecule has 1 atom stereocenters. The minimum atomic E-state index is -0.574. The summed E-state index contributed by atoms with van der Waals surface area (Å²) in [5.74, 6) is 0.217. The molecule has 0 saturated heterocycles. The molecule has 29 heavy (non-hydrogen) atoms. The summed E-state index contributed by atoms with van der Waals surface area (Å²) in [5, 5.41) is 2.99. The van der Waals surface area contributed by atoms with E-state index in [-0.39, 0.29) is 24.0 Å². The van der Waals surface area contributed by atoms with E-state index in [1.165, 1.54) is 0 Å². The number of nitrogens with zero attached hydrogens (tertiary/aromatic N) is 1. The number of nitrogens with one attached hydrogen (secondary N) is 1. The SMILES string of the molecule is CC[C@H](C(=O)NC(C)(C)C)N(Cc1ccccc1)C(=O)COc1ccc(Br)cc1. The number of halogens is 1. The average Bonchev–Trinajstić information content (AvgIpc) is 2.66. The number of benzene rings is 2. The van der Waals surface area contributed by atoms with Crippen molar-refractivity contribution in [2.45, 2.75) is 52.2 Å². The van der Waals surface area contributed by atoms with Gasteiger partial charge in [0.25, 0.3) is 5.91 Å². The molecule has 0 fully saturated rings. The molecule has 2 amide bonds. The maximum atomic E-state index is 13.1. The van der Waals surface area contributed by atoms with Crippen LogP contribution < -0.4 is 10.1 Å². The smallest absolute Gasteiger partial charge is 0.261 e. The molecule has 0 unspecified atom stereocenters. The Hall–Kier alpha value is -2.34. The molecule has 1 N–H and O–H groups in total. The molecule has 2 aromatic carbocycles. The Kier molecular flexibility index (Phi) is 8.26. The molecule has 2 rings (SSSR count). The van der Waals surface area contributed by atoms with E-state index in [4.69, 9.17) is 4.74 Å². The second kappa shape index (κ2) is 10.4. The lowest BCUT2D eigenvalue weighted by Crippen LogP contribution is -2.54. The number of hydrogen-bond acceptors (Lipinski definition) is 3. The predicted octanol–water partition coefficient (Wildman–Crippen LogP) is 4.55. The van der Waals surface area contributed by atoms with Gasteiger partial charge in [-0.05, 0) is 57.0 Å². The maximum absolute atomic E-state index is 13.1. The van der Waals surface area contributed by atoms with Gasteiger partial charge in [-0.15, -0.1) is 0 Å². The molecule has 0 aliphatic rings. The van der Waals surface area contributed by atoms with Crippen molar-refractivity contribution in [3.8, 4) is 5.75 Å². The highest BCUT2D eigenvalue weighted by atomic mass is 79.9. The van der Waals surface area contributed by atoms with Crippen LogP contribution in [0, 0.1) is 0 Å². The van der Waals surface area contributed by atoms with E-state index in [9.17, 15) is 9.59 Å². The molecule has 0 heterocycles. The number of ether oxygens (including phenoxy) is 1. The van der Waals surface area contributed by atoms with Crippen LogP contribution in [0.4, 0.5) is 0 Å². The summed E-state index contributed by atoms with van der Waals surface area (Å²) in [4.78, 5) is 27.6. The van der Waals surface area contributed by atoms with Crippen molar-refractivity contribution in [1.82, 2.24) is 10.2 Å². The lowest BCUT2D eigenvalue weighted by atomic mass is 10.1. The summed E-state index contributed by atoms with van der Waals surface area (Å²) >= 11 is 3.38. The van der Waals surface area contributed by atoms with Gasteiger partial charge in [0.15, 0.2) is 6.61 Å². The van der Waals surface area contributed by atoms with Crippen LogP contribution in [0.3, 0.4) is 0 Å². The Balaban J connectivity index is 2.19. The fourth-order valence-electron chi connectivity index (χ4n) is 2.91. The Morgan fingerprint density at radius 1 is 1.07 bits per heavy atom. The molecule has 0 aliphatic carbocycles. The van der Waals surface area contributed by atoms with E-state index in [1.54, 1.807) is 17.0 Å². The van der Waals surface area contributed by atoms with Crippen LogP contribution in [0.1, 0.15) is 39.7 Å². The van der Waals surface area contributed by atoms with Crippen molar-refractivity contribution < 1.29 is 14.3 Å². The first-order chi connectivity index (χ1) is 13.7. The van der Waals surface area contributed by atoms with E-state index in [0.29, 0.717) is 18.7 Å². The van der Waals surface area contributed by atoms with Gasteiger partial charge in [0, 0.05) is 16.6 Å². The monoisotopic (exact) mass is 460 g/mol. The third-order valence-corrected chi connectivity index (χ3v) is 4.78. The van der Waals surface area contributed by atoms with Gasteiger partial charge < -0.3 is 15.0 Å². The molecule has 0 spiro atoms. The van der Waals surface area contributed by atoms with Gasteiger partial charge in [-0.1, -0.05) is 53.2 Å².